The molecule has 1 fully saturated rings. The lowest BCUT2D eigenvalue weighted by Crippen LogP contribution is -2.49. The summed E-state index contributed by atoms with van der Waals surface area (Å²) in [6.45, 7) is 6.38. The van der Waals surface area contributed by atoms with Gasteiger partial charge in [0.25, 0.3) is 0 Å². The number of rotatable bonds is 4. The molecule has 20 heavy (non-hydrogen) atoms. The highest BCUT2D eigenvalue weighted by molar-refractivity contribution is 9.10. The first kappa shape index (κ1) is 16.0. The molecule has 0 spiro atoms. The van der Waals surface area contributed by atoms with Crippen LogP contribution in [0.25, 0.3) is 0 Å². The molecule has 1 aromatic carbocycles. The lowest BCUT2D eigenvalue weighted by molar-refractivity contribution is -0.0225. The molecule has 0 aliphatic carbocycles. The van der Waals surface area contributed by atoms with E-state index in [-0.39, 0.29) is 12.1 Å². The summed E-state index contributed by atoms with van der Waals surface area (Å²) in [4.78, 5) is 2.47. The largest absolute Gasteiger partial charge is 0.380 e. The SMILES string of the molecule is COC1CN(C(c2ccccc2Br)C(C)N)CCC1C. The van der Waals surface area contributed by atoms with E-state index in [1.165, 1.54) is 5.56 Å². The van der Waals surface area contributed by atoms with Crippen molar-refractivity contribution in [1.82, 2.24) is 4.90 Å². The maximum absolute atomic E-state index is 6.29. The predicted molar refractivity (Wildman–Crippen MR) is 86.7 cm³/mol. The average molecular weight is 341 g/mol. The van der Waals surface area contributed by atoms with Gasteiger partial charge in [-0.1, -0.05) is 41.1 Å². The van der Waals surface area contributed by atoms with Crippen LogP contribution in [0.1, 0.15) is 31.9 Å². The first-order valence-corrected chi connectivity index (χ1v) is 8.10. The maximum Gasteiger partial charge on any atom is 0.0724 e. The van der Waals surface area contributed by atoms with Gasteiger partial charge in [-0.05, 0) is 37.4 Å². The molecule has 0 aromatic heterocycles. The lowest BCUT2D eigenvalue weighted by Gasteiger charge is -2.42. The monoisotopic (exact) mass is 340 g/mol. The first-order valence-electron chi connectivity index (χ1n) is 7.31. The second-order valence-corrected chi connectivity index (χ2v) is 6.71. The van der Waals surface area contributed by atoms with Gasteiger partial charge in [-0.25, -0.2) is 0 Å². The molecule has 0 bridgehead atoms. The van der Waals surface area contributed by atoms with E-state index in [2.05, 4.69) is 52.9 Å². The fraction of sp³-hybridized carbons (Fsp3) is 0.625. The highest BCUT2D eigenvalue weighted by Gasteiger charge is 2.33. The first-order chi connectivity index (χ1) is 9.54. The molecule has 4 atom stereocenters. The van der Waals surface area contributed by atoms with Gasteiger partial charge in [0.15, 0.2) is 0 Å². The summed E-state index contributed by atoms with van der Waals surface area (Å²) in [5, 5.41) is 0. The number of benzene rings is 1. The quantitative estimate of drug-likeness (QED) is 0.914. The molecule has 0 saturated carbocycles. The van der Waals surface area contributed by atoms with E-state index in [9.17, 15) is 0 Å². The standard InChI is InChI=1S/C16H25BrN2O/c1-11-8-9-19(10-15(11)20-3)16(12(2)18)13-6-4-5-7-14(13)17/h4-7,11-12,15-16H,8-10,18H2,1-3H3. The van der Waals surface area contributed by atoms with Crippen LogP contribution in [-0.2, 0) is 4.74 Å². The van der Waals surface area contributed by atoms with Crippen LogP contribution in [0.3, 0.4) is 0 Å². The Labute approximate surface area is 130 Å². The smallest absolute Gasteiger partial charge is 0.0724 e. The number of halogens is 1. The summed E-state index contributed by atoms with van der Waals surface area (Å²) in [6.07, 6.45) is 1.46. The third kappa shape index (κ3) is 3.42. The molecule has 1 saturated heterocycles. The zero-order valence-corrected chi connectivity index (χ0v) is 14.1. The van der Waals surface area contributed by atoms with Crippen LogP contribution in [0, 0.1) is 5.92 Å². The van der Waals surface area contributed by atoms with E-state index in [1.807, 2.05) is 13.2 Å². The van der Waals surface area contributed by atoms with Crippen LogP contribution in [-0.4, -0.2) is 37.2 Å². The average Bonchev–Trinajstić information content (AvgIpc) is 2.42. The molecule has 112 valence electrons. The summed E-state index contributed by atoms with van der Waals surface area (Å²) in [6, 6.07) is 8.69. The van der Waals surface area contributed by atoms with Crippen LogP contribution in [0.15, 0.2) is 28.7 Å². The predicted octanol–water partition coefficient (Wildman–Crippen LogP) is 3.19. The minimum absolute atomic E-state index is 0.0830. The van der Waals surface area contributed by atoms with Gasteiger partial charge in [0.1, 0.15) is 0 Å². The van der Waals surface area contributed by atoms with Gasteiger partial charge in [-0.2, -0.15) is 0 Å². The van der Waals surface area contributed by atoms with Crippen molar-refractivity contribution in [2.45, 2.75) is 38.5 Å². The number of nitrogens with two attached hydrogens (primary N) is 1. The van der Waals surface area contributed by atoms with E-state index >= 15 is 0 Å². The van der Waals surface area contributed by atoms with Crippen LogP contribution >= 0.6 is 15.9 Å². The molecule has 1 aliphatic rings. The summed E-state index contributed by atoms with van der Waals surface area (Å²) in [7, 11) is 1.81. The van der Waals surface area contributed by atoms with Crippen LogP contribution < -0.4 is 5.73 Å². The number of piperidine rings is 1. The third-order valence-electron chi connectivity index (χ3n) is 4.34. The van der Waals surface area contributed by atoms with E-state index in [1.54, 1.807) is 0 Å². The van der Waals surface area contributed by atoms with Crippen molar-refractivity contribution >= 4 is 15.9 Å². The Hall–Kier alpha value is -0.420. The molecule has 0 amide bonds. The number of hydrogen-bond acceptors (Lipinski definition) is 3. The second-order valence-electron chi connectivity index (χ2n) is 5.86. The highest BCUT2D eigenvalue weighted by atomic mass is 79.9. The van der Waals surface area contributed by atoms with Crippen molar-refractivity contribution in [3.05, 3.63) is 34.3 Å². The summed E-state index contributed by atoms with van der Waals surface area (Å²) in [5.41, 5.74) is 7.56. The zero-order chi connectivity index (χ0) is 14.7. The number of hydrogen-bond donors (Lipinski definition) is 1. The van der Waals surface area contributed by atoms with Crippen LogP contribution in [0.2, 0.25) is 0 Å². The van der Waals surface area contributed by atoms with E-state index in [0.29, 0.717) is 12.0 Å². The molecule has 1 aliphatic heterocycles. The Kier molecular flexibility index (Phi) is 5.61. The Morgan fingerprint density at radius 1 is 1.40 bits per heavy atom. The summed E-state index contributed by atoms with van der Waals surface area (Å²) in [5.74, 6) is 0.615. The normalized spacial score (nSPS) is 27.2. The Morgan fingerprint density at radius 3 is 2.70 bits per heavy atom. The molecule has 1 heterocycles. The van der Waals surface area contributed by atoms with E-state index < -0.39 is 0 Å². The molecular weight excluding hydrogens is 316 g/mol. The zero-order valence-electron chi connectivity index (χ0n) is 12.6. The molecule has 4 heteroatoms. The van der Waals surface area contributed by atoms with Crippen molar-refractivity contribution in [3.8, 4) is 0 Å². The van der Waals surface area contributed by atoms with Crippen molar-refractivity contribution in [2.75, 3.05) is 20.2 Å². The van der Waals surface area contributed by atoms with E-state index in [0.717, 1.165) is 24.0 Å². The van der Waals surface area contributed by atoms with Gasteiger partial charge in [0.05, 0.1) is 12.1 Å². The van der Waals surface area contributed by atoms with Gasteiger partial charge in [-0.15, -0.1) is 0 Å². The van der Waals surface area contributed by atoms with E-state index in [4.69, 9.17) is 10.5 Å². The number of methoxy groups -OCH3 is 1. The van der Waals surface area contributed by atoms with Crippen molar-refractivity contribution in [2.24, 2.45) is 11.7 Å². The number of likely N-dealkylation sites (tertiary alicyclic amines) is 1. The fourth-order valence-electron chi connectivity index (χ4n) is 3.14. The molecule has 2 N–H and O–H groups in total. The molecule has 0 radical (unpaired) electrons. The highest BCUT2D eigenvalue weighted by Crippen LogP contribution is 2.33. The van der Waals surface area contributed by atoms with Crippen LogP contribution in [0.4, 0.5) is 0 Å². The van der Waals surface area contributed by atoms with Crippen molar-refractivity contribution < 1.29 is 4.74 Å². The molecule has 3 nitrogen and oxygen atoms in total. The number of ether oxygens (including phenoxy) is 1. The second kappa shape index (κ2) is 7.03. The Balaban J connectivity index is 2.24. The molecule has 2 rings (SSSR count). The topological polar surface area (TPSA) is 38.5 Å². The molecule has 1 aromatic rings. The minimum Gasteiger partial charge on any atom is -0.380 e. The minimum atomic E-state index is 0.0830. The third-order valence-corrected chi connectivity index (χ3v) is 5.06. The molecular formula is C16H25BrN2O. The maximum atomic E-state index is 6.29. The number of nitrogens with zero attached hydrogens (tertiary/aromatic N) is 1. The Bertz CT molecular complexity index is 438. The summed E-state index contributed by atoms with van der Waals surface area (Å²) < 4.78 is 6.77. The van der Waals surface area contributed by atoms with Crippen LogP contribution in [0.5, 0.6) is 0 Å². The van der Waals surface area contributed by atoms with Gasteiger partial charge < -0.3 is 10.5 Å². The lowest BCUT2D eigenvalue weighted by atomic mass is 9.91. The summed E-state index contributed by atoms with van der Waals surface area (Å²) >= 11 is 3.66. The van der Waals surface area contributed by atoms with Gasteiger partial charge in [-0.3, -0.25) is 4.90 Å². The van der Waals surface area contributed by atoms with Gasteiger partial charge in [0.2, 0.25) is 0 Å². The van der Waals surface area contributed by atoms with Crippen molar-refractivity contribution in [3.63, 3.8) is 0 Å². The molecule has 4 unspecified atom stereocenters. The van der Waals surface area contributed by atoms with Gasteiger partial charge in [0, 0.05) is 24.2 Å². The Morgan fingerprint density at radius 2 is 2.10 bits per heavy atom. The van der Waals surface area contributed by atoms with Crippen molar-refractivity contribution in [1.29, 1.82) is 0 Å². The fourth-order valence-corrected chi connectivity index (χ4v) is 3.66. The van der Waals surface area contributed by atoms with Gasteiger partial charge >= 0.3 is 0 Å².